The molecular formula is C17H22BrFN4O2+2. The van der Waals surface area contributed by atoms with Gasteiger partial charge in [0.2, 0.25) is 0 Å². The van der Waals surface area contributed by atoms with Crippen molar-refractivity contribution in [3.63, 3.8) is 0 Å². The highest BCUT2D eigenvalue weighted by atomic mass is 79.9. The number of aromatic nitrogens is 1. The van der Waals surface area contributed by atoms with E-state index in [0.717, 1.165) is 44.2 Å². The van der Waals surface area contributed by atoms with Gasteiger partial charge in [-0.15, -0.1) is 0 Å². The first-order chi connectivity index (χ1) is 12.0. The van der Waals surface area contributed by atoms with Crippen molar-refractivity contribution in [3.8, 4) is 0 Å². The smallest absolute Gasteiger partial charge is 0.279 e. The summed E-state index contributed by atoms with van der Waals surface area (Å²) >= 11 is 3.20. The van der Waals surface area contributed by atoms with Gasteiger partial charge in [-0.2, -0.15) is 0 Å². The fourth-order valence-corrected chi connectivity index (χ4v) is 3.41. The molecule has 0 bridgehead atoms. The fraction of sp³-hybridized carbons (Fsp3) is 0.412. The van der Waals surface area contributed by atoms with Gasteiger partial charge in [-0.25, -0.2) is 4.39 Å². The number of nitrogens with zero attached hydrogens (tertiary/aromatic N) is 1. The minimum absolute atomic E-state index is 0.160. The third-order valence-corrected chi connectivity index (χ3v) is 4.88. The number of aryl methyl sites for hydroxylation is 1. The average molecular weight is 413 g/mol. The second kappa shape index (κ2) is 8.07. The summed E-state index contributed by atoms with van der Waals surface area (Å²) in [5.41, 5.74) is 1.19. The number of carbonyl (C=O) groups excluding carboxylic acids is 1. The minimum atomic E-state index is -0.435. The van der Waals surface area contributed by atoms with Crippen LogP contribution in [-0.4, -0.2) is 43.8 Å². The van der Waals surface area contributed by atoms with E-state index in [2.05, 4.69) is 26.4 Å². The van der Waals surface area contributed by atoms with Gasteiger partial charge in [0.25, 0.3) is 5.91 Å². The van der Waals surface area contributed by atoms with Crippen LogP contribution in [0.5, 0.6) is 0 Å². The SMILES string of the molecule is Cc1cc(C[NH+]2CC[NH+](CC(=O)Nc3ccc(Br)cc3F)CC2)no1. The number of carbonyl (C=O) groups is 1. The zero-order valence-corrected chi connectivity index (χ0v) is 15.7. The summed E-state index contributed by atoms with van der Waals surface area (Å²) in [7, 11) is 0. The molecule has 2 heterocycles. The van der Waals surface area contributed by atoms with E-state index in [0.29, 0.717) is 11.0 Å². The van der Waals surface area contributed by atoms with Gasteiger partial charge in [-0.3, -0.25) is 4.79 Å². The number of hydrogen-bond acceptors (Lipinski definition) is 3. The first-order valence-electron chi connectivity index (χ1n) is 8.34. The third kappa shape index (κ3) is 5.10. The van der Waals surface area contributed by atoms with E-state index in [1.54, 1.807) is 12.1 Å². The zero-order chi connectivity index (χ0) is 17.8. The molecule has 2 aromatic rings. The van der Waals surface area contributed by atoms with Crippen LogP contribution in [0.15, 0.2) is 33.3 Å². The Morgan fingerprint density at radius 1 is 1.28 bits per heavy atom. The van der Waals surface area contributed by atoms with E-state index in [1.807, 2.05) is 13.0 Å². The van der Waals surface area contributed by atoms with Crippen molar-refractivity contribution in [1.82, 2.24) is 5.16 Å². The topological polar surface area (TPSA) is 64.0 Å². The molecule has 1 aromatic carbocycles. The third-order valence-electron chi connectivity index (χ3n) is 4.39. The van der Waals surface area contributed by atoms with Crippen molar-refractivity contribution in [2.24, 2.45) is 0 Å². The molecule has 0 saturated carbocycles. The molecule has 25 heavy (non-hydrogen) atoms. The first-order valence-corrected chi connectivity index (χ1v) is 9.13. The Morgan fingerprint density at radius 2 is 2.00 bits per heavy atom. The predicted molar refractivity (Wildman–Crippen MR) is 93.9 cm³/mol. The maximum Gasteiger partial charge on any atom is 0.279 e. The standard InChI is InChI=1S/C17H20BrFN4O2/c1-12-8-14(21-25-12)10-22-4-6-23(7-5-22)11-17(24)20-16-3-2-13(18)9-15(16)19/h2-3,8-9H,4-7,10-11H2,1H3,(H,20,24)/p+2. The highest BCUT2D eigenvalue weighted by molar-refractivity contribution is 9.10. The van der Waals surface area contributed by atoms with E-state index in [9.17, 15) is 9.18 Å². The normalized spacial score (nSPS) is 20.4. The molecule has 1 amide bonds. The van der Waals surface area contributed by atoms with Crippen LogP contribution in [0.1, 0.15) is 11.5 Å². The molecule has 0 radical (unpaired) electrons. The van der Waals surface area contributed by atoms with Gasteiger partial charge in [0, 0.05) is 10.5 Å². The summed E-state index contributed by atoms with van der Waals surface area (Å²) in [6, 6.07) is 6.58. The maximum atomic E-state index is 13.8. The van der Waals surface area contributed by atoms with Crippen molar-refractivity contribution in [2.75, 3.05) is 38.0 Å². The monoisotopic (exact) mass is 412 g/mol. The Hall–Kier alpha value is -1.77. The van der Waals surface area contributed by atoms with Crippen LogP contribution in [0.3, 0.4) is 0 Å². The average Bonchev–Trinajstić information content (AvgIpc) is 2.97. The molecule has 1 aliphatic rings. The molecule has 134 valence electrons. The summed E-state index contributed by atoms with van der Waals surface area (Å²) in [4.78, 5) is 14.8. The number of hydrogen-bond donors (Lipinski definition) is 3. The van der Waals surface area contributed by atoms with Gasteiger partial charge in [-0.05, 0) is 25.1 Å². The van der Waals surface area contributed by atoms with Crippen LogP contribution >= 0.6 is 15.9 Å². The lowest BCUT2D eigenvalue weighted by Crippen LogP contribution is -3.28. The van der Waals surface area contributed by atoms with E-state index >= 15 is 0 Å². The van der Waals surface area contributed by atoms with Crippen molar-refractivity contribution < 1.29 is 23.5 Å². The van der Waals surface area contributed by atoms with E-state index in [-0.39, 0.29) is 11.6 Å². The van der Waals surface area contributed by atoms with Crippen LogP contribution in [0.4, 0.5) is 10.1 Å². The summed E-state index contributed by atoms with van der Waals surface area (Å²) in [6.07, 6.45) is 0. The minimum Gasteiger partial charge on any atom is -0.361 e. The number of quaternary nitrogens is 2. The first kappa shape index (κ1) is 18.0. The summed E-state index contributed by atoms with van der Waals surface area (Å²) in [5, 5.41) is 6.69. The van der Waals surface area contributed by atoms with E-state index in [1.165, 1.54) is 15.9 Å². The van der Waals surface area contributed by atoms with Crippen LogP contribution < -0.4 is 15.1 Å². The summed E-state index contributed by atoms with van der Waals surface area (Å²) in [6.45, 7) is 6.85. The molecule has 1 saturated heterocycles. The largest absolute Gasteiger partial charge is 0.361 e. The molecule has 3 rings (SSSR count). The molecule has 0 unspecified atom stereocenters. The van der Waals surface area contributed by atoms with E-state index in [4.69, 9.17) is 4.52 Å². The highest BCUT2D eigenvalue weighted by Gasteiger charge is 2.25. The number of benzene rings is 1. The Morgan fingerprint density at radius 3 is 2.64 bits per heavy atom. The van der Waals surface area contributed by atoms with Gasteiger partial charge in [0.1, 0.15) is 50.0 Å². The molecule has 1 aromatic heterocycles. The molecule has 0 atom stereocenters. The van der Waals surface area contributed by atoms with Crippen molar-refractivity contribution in [1.29, 1.82) is 0 Å². The van der Waals surface area contributed by atoms with Crippen LogP contribution in [0, 0.1) is 12.7 Å². The second-order valence-corrected chi connectivity index (χ2v) is 7.37. The Labute approximate surface area is 154 Å². The molecule has 8 heteroatoms. The quantitative estimate of drug-likeness (QED) is 0.637. The number of piperazine rings is 1. The van der Waals surface area contributed by atoms with Gasteiger partial charge in [0.05, 0.1) is 5.69 Å². The Balaban J connectivity index is 1.44. The molecular weight excluding hydrogens is 391 g/mol. The second-order valence-electron chi connectivity index (χ2n) is 6.45. The fourth-order valence-electron chi connectivity index (χ4n) is 3.08. The molecule has 6 nitrogen and oxygen atoms in total. The van der Waals surface area contributed by atoms with Crippen LogP contribution in [0.2, 0.25) is 0 Å². The summed E-state index contributed by atoms with van der Waals surface area (Å²) < 4.78 is 19.5. The lowest BCUT2D eigenvalue weighted by atomic mass is 10.2. The Bertz CT molecular complexity index is 744. The van der Waals surface area contributed by atoms with Crippen molar-refractivity contribution in [2.45, 2.75) is 13.5 Å². The number of anilines is 1. The lowest BCUT2D eigenvalue weighted by Gasteiger charge is -2.28. The molecule has 3 N–H and O–H groups in total. The van der Waals surface area contributed by atoms with E-state index < -0.39 is 5.82 Å². The van der Waals surface area contributed by atoms with Crippen molar-refractivity contribution in [3.05, 3.63) is 46.0 Å². The van der Waals surface area contributed by atoms with Crippen molar-refractivity contribution >= 4 is 27.5 Å². The number of rotatable bonds is 5. The van der Waals surface area contributed by atoms with Gasteiger partial charge in [0.15, 0.2) is 6.54 Å². The summed E-state index contributed by atoms with van der Waals surface area (Å²) in [5.74, 6) is 0.234. The molecule has 0 spiro atoms. The van der Waals surface area contributed by atoms with Gasteiger partial charge >= 0.3 is 0 Å². The number of amides is 1. The Kier molecular flexibility index (Phi) is 5.82. The molecule has 1 fully saturated rings. The van der Waals surface area contributed by atoms with Gasteiger partial charge in [-0.1, -0.05) is 21.1 Å². The highest BCUT2D eigenvalue weighted by Crippen LogP contribution is 2.18. The number of nitrogens with one attached hydrogen (secondary N) is 3. The maximum absolute atomic E-state index is 13.8. The predicted octanol–water partition coefficient (Wildman–Crippen LogP) is -0.193. The molecule has 1 aliphatic heterocycles. The molecule has 0 aliphatic carbocycles. The van der Waals surface area contributed by atoms with Crippen LogP contribution in [0.25, 0.3) is 0 Å². The number of halogens is 2. The van der Waals surface area contributed by atoms with Gasteiger partial charge < -0.3 is 19.6 Å². The van der Waals surface area contributed by atoms with Crippen LogP contribution in [-0.2, 0) is 11.3 Å². The lowest BCUT2D eigenvalue weighted by molar-refractivity contribution is -1.02. The zero-order valence-electron chi connectivity index (χ0n) is 14.1.